The van der Waals surface area contributed by atoms with Crippen LogP contribution in [0, 0.1) is 0 Å². The standard InChI is InChI=1S/C20H19ClN2O6/c1-28-15-8-4-12(5-9-15)17(24)11-29-20(27)16(10-18(22)25)23-19(26)13-2-6-14(21)7-3-13/h2-9,16H,10-11H2,1H3,(H2,22,25)(H,23,26)/t16-/m0/s1. The maximum Gasteiger partial charge on any atom is 0.329 e. The largest absolute Gasteiger partial charge is 0.497 e. The van der Waals surface area contributed by atoms with Crippen LogP contribution in [0.5, 0.6) is 5.75 Å². The van der Waals surface area contributed by atoms with Gasteiger partial charge in [0, 0.05) is 16.1 Å². The highest BCUT2D eigenvalue weighted by Gasteiger charge is 2.25. The van der Waals surface area contributed by atoms with Gasteiger partial charge in [0.15, 0.2) is 12.4 Å². The molecule has 3 N–H and O–H groups in total. The molecule has 0 saturated carbocycles. The molecule has 0 bridgehead atoms. The fourth-order valence-electron chi connectivity index (χ4n) is 2.33. The molecule has 152 valence electrons. The molecule has 2 rings (SSSR count). The molecule has 29 heavy (non-hydrogen) atoms. The third kappa shape index (κ3) is 6.62. The molecule has 0 spiro atoms. The molecule has 2 amide bonds. The van der Waals surface area contributed by atoms with E-state index in [9.17, 15) is 19.2 Å². The van der Waals surface area contributed by atoms with Crippen LogP contribution in [0.4, 0.5) is 0 Å². The minimum absolute atomic E-state index is 0.228. The molecule has 0 unspecified atom stereocenters. The van der Waals surface area contributed by atoms with Gasteiger partial charge in [-0.15, -0.1) is 0 Å². The van der Waals surface area contributed by atoms with E-state index in [2.05, 4.69) is 5.32 Å². The lowest BCUT2D eigenvalue weighted by molar-refractivity contribution is -0.146. The number of carbonyl (C=O) groups excluding carboxylic acids is 4. The first-order chi connectivity index (χ1) is 13.8. The maximum atomic E-state index is 12.3. The lowest BCUT2D eigenvalue weighted by atomic mass is 10.1. The van der Waals surface area contributed by atoms with E-state index < -0.39 is 42.6 Å². The monoisotopic (exact) mass is 418 g/mol. The fraction of sp³-hybridized carbons (Fsp3) is 0.200. The number of esters is 1. The number of ether oxygens (including phenoxy) is 2. The van der Waals surface area contributed by atoms with Gasteiger partial charge in [0.25, 0.3) is 5.91 Å². The van der Waals surface area contributed by atoms with E-state index in [0.29, 0.717) is 16.3 Å². The van der Waals surface area contributed by atoms with Crippen molar-refractivity contribution in [2.24, 2.45) is 5.73 Å². The van der Waals surface area contributed by atoms with Crippen molar-refractivity contribution in [3.05, 3.63) is 64.7 Å². The number of hydrogen-bond acceptors (Lipinski definition) is 6. The quantitative estimate of drug-likeness (QED) is 0.472. The first-order valence-electron chi connectivity index (χ1n) is 8.48. The number of benzene rings is 2. The molecule has 0 aliphatic carbocycles. The average Bonchev–Trinajstić information content (AvgIpc) is 2.71. The number of rotatable bonds is 9. The van der Waals surface area contributed by atoms with Crippen molar-refractivity contribution < 1.29 is 28.7 Å². The second kappa shape index (κ2) is 10.2. The highest BCUT2D eigenvalue weighted by atomic mass is 35.5. The Balaban J connectivity index is 2.00. The van der Waals surface area contributed by atoms with Gasteiger partial charge < -0.3 is 20.5 Å². The van der Waals surface area contributed by atoms with Gasteiger partial charge >= 0.3 is 5.97 Å². The Morgan fingerprint density at radius 1 is 1.00 bits per heavy atom. The number of carbonyl (C=O) groups is 4. The first kappa shape index (κ1) is 21.9. The van der Waals surface area contributed by atoms with Crippen molar-refractivity contribution in [3.8, 4) is 5.75 Å². The van der Waals surface area contributed by atoms with E-state index >= 15 is 0 Å². The first-order valence-corrected chi connectivity index (χ1v) is 8.86. The summed E-state index contributed by atoms with van der Waals surface area (Å²) in [5.74, 6) is -2.27. The zero-order chi connectivity index (χ0) is 21.4. The number of methoxy groups -OCH3 is 1. The van der Waals surface area contributed by atoms with Gasteiger partial charge in [-0.25, -0.2) is 4.79 Å². The van der Waals surface area contributed by atoms with Crippen LogP contribution < -0.4 is 15.8 Å². The number of ketones is 1. The van der Waals surface area contributed by atoms with Crippen LogP contribution in [0.25, 0.3) is 0 Å². The van der Waals surface area contributed by atoms with Gasteiger partial charge in [-0.1, -0.05) is 11.6 Å². The third-order valence-corrected chi connectivity index (χ3v) is 4.11. The van der Waals surface area contributed by atoms with Crippen molar-refractivity contribution in [1.29, 1.82) is 0 Å². The fourth-order valence-corrected chi connectivity index (χ4v) is 2.46. The second-order valence-corrected chi connectivity index (χ2v) is 6.40. The van der Waals surface area contributed by atoms with Crippen LogP contribution in [0.15, 0.2) is 48.5 Å². The number of nitrogens with two attached hydrogens (primary N) is 1. The summed E-state index contributed by atoms with van der Waals surface area (Å²) in [6.07, 6.45) is -0.477. The van der Waals surface area contributed by atoms with Gasteiger partial charge in [-0.3, -0.25) is 14.4 Å². The molecule has 0 saturated heterocycles. The number of halogens is 1. The number of primary amides is 1. The molecule has 0 aliphatic heterocycles. The zero-order valence-corrected chi connectivity index (χ0v) is 16.3. The highest BCUT2D eigenvalue weighted by molar-refractivity contribution is 6.30. The molecular weight excluding hydrogens is 400 g/mol. The van der Waals surface area contributed by atoms with E-state index in [-0.39, 0.29) is 5.56 Å². The van der Waals surface area contributed by atoms with Gasteiger partial charge in [0.2, 0.25) is 5.91 Å². The molecule has 0 aliphatic rings. The summed E-state index contributed by atoms with van der Waals surface area (Å²) in [5, 5.41) is 2.81. The summed E-state index contributed by atoms with van der Waals surface area (Å²) in [7, 11) is 1.50. The molecule has 8 nitrogen and oxygen atoms in total. The normalized spacial score (nSPS) is 11.2. The third-order valence-electron chi connectivity index (χ3n) is 3.86. The molecular formula is C20H19ClN2O6. The Morgan fingerprint density at radius 3 is 2.14 bits per heavy atom. The molecule has 9 heteroatoms. The van der Waals surface area contributed by atoms with Crippen molar-refractivity contribution >= 4 is 35.2 Å². The van der Waals surface area contributed by atoms with Gasteiger partial charge in [-0.2, -0.15) is 0 Å². The number of amides is 2. The topological polar surface area (TPSA) is 125 Å². The smallest absolute Gasteiger partial charge is 0.329 e. The predicted molar refractivity (Wildman–Crippen MR) is 105 cm³/mol. The molecule has 0 fully saturated rings. The molecule has 2 aromatic rings. The Labute approximate surface area is 171 Å². The van der Waals surface area contributed by atoms with E-state index in [4.69, 9.17) is 26.8 Å². The number of Topliss-reactive ketones (excluding diaryl/α,β-unsaturated/α-hetero) is 1. The lowest BCUT2D eigenvalue weighted by Gasteiger charge is -2.16. The van der Waals surface area contributed by atoms with Crippen LogP contribution in [0.2, 0.25) is 5.02 Å². The zero-order valence-electron chi connectivity index (χ0n) is 15.5. The summed E-state index contributed by atoms with van der Waals surface area (Å²) in [5.41, 5.74) is 5.69. The van der Waals surface area contributed by atoms with E-state index in [1.807, 2.05) is 0 Å². The Kier molecular flexibility index (Phi) is 7.73. The minimum Gasteiger partial charge on any atom is -0.497 e. The molecule has 2 aromatic carbocycles. The summed E-state index contributed by atoms with van der Waals surface area (Å²) >= 11 is 5.77. The summed E-state index contributed by atoms with van der Waals surface area (Å²) in [6, 6.07) is 10.8. The summed E-state index contributed by atoms with van der Waals surface area (Å²) in [4.78, 5) is 48.0. The van der Waals surface area contributed by atoms with Gasteiger partial charge in [0.1, 0.15) is 11.8 Å². The van der Waals surface area contributed by atoms with Crippen molar-refractivity contribution in [2.45, 2.75) is 12.5 Å². The van der Waals surface area contributed by atoms with Crippen LogP contribution in [0.3, 0.4) is 0 Å². The second-order valence-electron chi connectivity index (χ2n) is 5.96. The Morgan fingerprint density at radius 2 is 1.59 bits per heavy atom. The minimum atomic E-state index is -1.33. The summed E-state index contributed by atoms with van der Waals surface area (Å²) in [6.45, 7) is -0.558. The molecule has 0 aromatic heterocycles. The van der Waals surface area contributed by atoms with Crippen molar-refractivity contribution in [3.63, 3.8) is 0 Å². The van der Waals surface area contributed by atoms with E-state index in [1.54, 1.807) is 12.1 Å². The SMILES string of the molecule is COc1ccc(C(=O)COC(=O)[C@H](CC(N)=O)NC(=O)c2ccc(Cl)cc2)cc1. The van der Waals surface area contributed by atoms with Crippen LogP contribution >= 0.6 is 11.6 Å². The number of nitrogens with one attached hydrogen (secondary N) is 1. The number of hydrogen-bond donors (Lipinski definition) is 2. The maximum absolute atomic E-state index is 12.3. The van der Waals surface area contributed by atoms with E-state index in [1.165, 1.54) is 43.5 Å². The lowest BCUT2D eigenvalue weighted by Crippen LogP contribution is -2.44. The molecule has 1 atom stereocenters. The summed E-state index contributed by atoms with van der Waals surface area (Å²) < 4.78 is 9.98. The molecule has 0 heterocycles. The van der Waals surface area contributed by atoms with Crippen molar-refractivity contribution in [1.82, 2.24) is 5.32 Å². The average molecular weight is 419 g/mol. The van der Waals surface area contributed by atoms with Gasteiger partial charge in [-0.05, 0) is 48.5 Å². The van der Waals surface area contributed by atoms with Crippen LogP contribution in [-0.4, -0.2) is 43.3 Å². The predicted octanol–water partition coefficient (Wildman–Crippen LogP) is 1.75. The highest BCUT2D eigenvalue weighted by Crippen LogP contribution is 2.12. The Bertz CT molecular complexity index is 896. The van der Waals surface area contributed by atoms with Crippen molar-refractivity contribution in [2.75, 3.05) is 13.7 Å². The van der Waals surface area contributed by atoms with Gasteiger partial charge in [0.05, 0.1) is 13.5 Å². The van der Waals surface area contributed by atoms with E-state index in [0.717, 1.165) is 0 Å². The van der Waals surface area contributed by atoms with Crippen LogP contribution in [-0.2, 0) is 14.3 Å². The molecule has 0 radical (unpaired) electrons. The Hall–Kier alpha value is -3.39. The van der Waals surface area contributed by atoms with Crippen LogP contribution in [0.1, 0.15) is 27.1 Å².